The summed E-state index contributed by atoms with van der Waals surface area (Å²) in [6, 6.07) is 12.3. The van der Waals surface area contributed by atoms with E-state index >= 15 is 0 Å². The van der Waals surface area contributed by atoms with Crippen LogP contribution in [0.3, 0.4) is 0 Å². The Hall–Kier alpha value is -3.09. The molecule has 0 spiro atoms. The first-order valence-corrected chi connectivity index (χ1v) is 10.6. The number of rotatable bonds is 9. The smallest absolute Gasteiger partial charge is 0.261 e. The van der Waals surface area contributed by atoms with Gasteiger partial charge in [0.25, 0.3) is 5.91 Å². The van der Waals surface area contributed by atoms with E-state index in [2.05, 4.69) is 5.32 Å². The first-order chi connectivity index (χ1) is 15.0. The number of halogens is 1. The van der Waals surface area contributed by atoms with Crippen LogP contribution >= 0.6 is 0 Å². The average Bonchev–Trinajstić information content (AvgIpc) is 3.29. The van der Waals surface area contributed by atoms with E-state index in [1.54, 1.807) is 14.0 Å². The zero-order valence-electron chi connectivity index (χ0n) is 18.0. The van der Waals surface area contributed by atoms with Crippen molar-refractivity contribution in [3.63, 3.8) is 0 Å². The summed E-state index contributed by atoms with van der Waals surface area (Å²) in [6.45, 7) is 1.71. The first kappa shape index (κ1) is 22.6. The molecule has 3 rings (SSSR count). The van der Waals surface area contributed by atoms with Crippen molar-refractivity contribution < 1.29 is 23.5 Å². The summed E-state index contributed by atoms with van der Waals surface area (Å²) in [4.78, 5) is 27.4. The van der Waals surface area contributed by atoms with E-state index in [4.69, 9.17) is 9.47 Å². The van der Waals surface area contributed by atoms with Gasteiger partial charge < -0.3 is 19.7 Å². The summed E-state index contributed by atoms with van der Waals surface area (Å²) in [6.07, 6.45) is 4.15. The van der Waals surface area contributed by atoms with E-state index in [0.717, 1.165) is 31.2 Å². The molecule has 1 aliphatic carbocycles. The predicted molar refractivity (Wildman–Crippen MR) is 115 cm³/mol. The Morgan fingerprint density at radius 2 is 1.84 bits per heavy atom. The topological polar surface area (TPSA) is 67.9 Å². The van der Waals surface area contributed by atoms with Gasteiger partial charge in [0.05, 0.1) is 7.11 Å². The Morgan fingerprint density at radius 3 is 2.52 bits per heavy atom. The van der Waals surface area contributed by atoms with Gasteiger partial charge in [-0.3, -0.25) is 9.59 Å². The zero-order chi connectivity index (χ0) is 22.2. The maximum atomic E-state index is 13.1. The summed E-state index contributed by atoms with van der Waals surface area (Å²) in [7, 11) is 1.58. The van der Waals surface area contributed by atoms with Crippen molar-refractivity contribution in [1.82, 2.24) is 10.2 Å². The highest BCUT2D eigenvalue weighted by Gasteiger charge is 2.28. The van der Waals surface area contributed by atoms with Gasteiger partial charge in [-0.2, -0.15) is 0 Å². The van der Waals surface area contributed by atoms with E-state index in [1.807, 2.05) is 24.3 Å². The molecule has 0 aliphatic heterocycles. The van der Waals surface area contributed by atoms with Crippen molar-refractivity contribution in [1.29, 1.82) is 0 Å². The Morgan fingerprint density at radius 1 is 1.13 bits per heavy atom. The first-order valence-electron chi connectivity index (χ1n) is 10.6. The Balaban J connectivity index is 1.72. The predicted octanol–water partition coefficient (Wildman–Crippen LogP) is 3.69. The highest BCUT2D eigenvalue weighted by atomic mass is 19.1. The monoisotopic (exact) mass is 428 g/mol. The van der Waals surface area contributed by atoms with E-state index < -0.39 is 6.04 Å². The molecule has 6 nitrogen and oxygen atoms in total. The van der Waals surface area contributed by atoms with Gasteiger partial charge in [-0.05, 0) is 61.7 Å². The standard InChI is InChI=1S/C24H29FN2O4/c1-17(24(29)26-20-7-3-4-8-20)27(15-18-6-5-9-22(14-18)30-2)23(28)16-31-21-12-10-19(25)11-13-21/h5-6,9-14,17,20H,3-4,7-8,15-16H2,1-2H3,(H,26,29)/t17-/m1/s1. The van der Waals surface area contributed by atoms with Crippen LogP contribution in [0.4, 0.5) is 4.39 Å². The van der Waals surface area contributed by atoms with Crippen LogP contribution in [0.1, 0.15) is 38.2 Å². The molecule has 2 aromatic carbocycles. The van der Waals surface area contributed by atoms with Crippen molar-refractivity contribution >= 4 is 11.8 Å². The zero-order valence-corrected chi connectivity index (χ0v) is 18.0. The van der Waals surface area contributed by atoms with Crippen molar-refractivity contribution in [2.75, 3.05) is 13.7 Å². The third-order valence-electron chi connectivity index (χ3n) is 5.53. The number of hydrogen-bond acceptors (Lipinski definition) is 4. The Bertz CT molecular complexity index is 881. The molecule has 0 bridgehead atoms. The van der Waals surface area contributed by atoms with Gasteiger partial charge in [0.2, 0.25) is 5.91 Å². The molecule has 2 aromatic rings. The largest absolute Gasteiger partial charge is 0.497 e. The number of ether oxygens (including phenoxy) is 2. The van der Waals surface area contributed by atoms with Gasteiger partial charge in [-0.25, -0.2) is 4.39 Å². The van der Waals surface area contributed by atoms with Gasteiger partial charge in [0, 0.05) is 12.6 Å². The lowest BCUT2D eigenvalue weighted by atomic mass is 10.1. The van der Waals surface area contributed by atoms with Crippen molar-refractivity contribution in [3.05, 3.63) is 59.9 Å². The molecule has 0 saturated heterocycles. The fourth-order valence-corrected chi connectivity index (χ4v) is 3.70. The number of nitrogens with zero attached hydrogens (tertiary/aromatic N) is 1. The number of nitrogens with one attached hydrogen (secondary N) is 1. The molecule has 1 N–H and O–H groups in total. The van der Waals surface area contributed by atoms with Crippen LogP contribution in [-0.4, -0.2) is 42.5 Å². The molecule has 1 saturated carbocycles. The minimum Gasteiger partial charge on any atom is -0.497 e. The molecule has 0 radical (unpaired) electrons. The lowest BCUT2D eigenvalue weighted by Crippen LogP contribution is -2.50. The summed E-state index contributed by atoms with van der Waals surface area (Å²) in [5.74, 6) is 0.177. The second-order valence-corrected chi connectivity index (χ2v) is 7.78. The number of hydrogen-bond donors (Lipinski definition) is 1. The van der Waals surface area contributed by atoms with Crippen LogP contribution in [0.25, 0.3) is 0 Å². The lowest BCUT2D eigenvalue weighted by molar-refractivity contribution is -0.142. The van der Waals surface area contributed by atoms with Crippen LogP contribution in [0, 0.1) is 5.82 Å². The molecular formula is C24H29FN2O4. The number of amides is 2. The SMILES string of the molecule is COc1cccc(CN(C(=O)COc2ccc(F)cc2)[C@H](C)C(=O)NC2CCCC2)c1. The Kier molecular flexibility index (Phi) is 7.87. The van der Waals surface area contributed by atoms with E-state index in [-0.39, 0.29) is 36.8 Å². The highest BCUT2D eigenvalue weighted by Crippen LogP contribution is 2.20. The minimum absolute atomic E-state index is 0.166. The molecule has 0 unspecified atom stereocenters. The second-order valence-electron chi connectivity index (χ2n) is 7.78. The average molecular weight is 429 g/mol. The maximum Gasteiger partial charge on any atom is 0.261 e. The van der Waals surface area contributed by atoms with Crippen molar-refractivity contribution in [2.24, 2.45) is 0 Å². The van der Waals surface area contributed by atoms with E-state index in [0.29, 0.717) is 11.5 Å². The molecule has 1 aliphatic rings. The van der Waals surface area contributed by atoms with Crippen molar-refractivity contribution in [2.45, 2.75) is 51.2 Å². The maximum absolute atomic E-state index is 13.1. The van der Waals surface area contributed by atoms with Crippen LogP contribution in [-0.2, 0) is 16.1 Å². The van der Waals surface area contributed by atoms with Gasteiger partial charge >= 0.3 is 0 Å². The lowest BCUT2D eigenvalue weighted by Gasteiger charge is -2.29. The molecular weight excluding hydrogens is 399 g/mol. The van der Waals surface area contributed by atoms with Gasteiger partial charge in [0.1, 0.15) is 23.4 Å². The highest BCUT2D eigenvalue weighted by molar-refractivity contribution is 5.88. The van der Waals surface area contributed by atoms with Crippen LogP contribution in [0.2, 0.25) is 0 Å². The van der Waals surface area contributed by atoms with Crippen LogP contribution < -0.4 is 14.8 Å². The summed E-state index contributed by atoms with van der Waals surface area (Å²) < 4.78 is 23.9. The number of benzene rings is 2. The van der Waals surface area contributed by atoms with Crippen molar-refractivity contribution in [3.8, 4) is 11.5 Å². The molecule has 31 heavy (non-hydrogen) atoms. The number of carbonyl (C=O) groups is 2. The van der Waals surface area contributed by atoms with E-state index in [1.165, 1.54) is 29.2 Å². The van der Waals surface area contributed by atoms with Gasteiger partial charge in [-0.1, -0.05) is 25.0 Å². The molecule has 0 heterocycles. The molecule has 2 amide bonds. The fourth-order valence-electron chi connectivity index (χ4n) is 3.70. The minimum atomic E-state index is -0.670. The molecule has 1 atom stereocenters. The van der Waals surface area contributed by atoms with E-state index in [9.17, 15) is 14.0 Å². The summed E-state index contributed by atoms with van der Waals surface area (Å²) in [5, 5.41) is 3.06. The number of carbonyl (C=O) groups excluding carboxylic acids is 2. The quantitative estimate of drug-likeness (QED) is 0.662. The second kappa shape index (κ2) is 10.8. The molecule has 166 valence electrons. The van der Waals surface area contributed by atoms with Crippen LogP contribution in [0.15, 0.2) is 48.5 Å². The third kappa shape index (κ3) is 6.44. The van der Waals surface area contributed by atoms with Gasteiger partial charge in [0.15, 0.2) is 6.61 Å². The summed E-state index contributed by atoms with van der Waals surface area (Å²) >= 11 is 0. The fraction of sp³-hybridized carbons (Fsp3) is 0.417. The number of methoxy groups -OCH3 is 1. The van der Waals surface area contributed by atoms with Gasteiger partial charge in [-0.15, -0.1) is 0 Å². The summed E-state index contributed by atoms with van der Waals surface area (Å²) in [5.41, 5.74) is 0.843. The Labute approximate surface area is 182 Å². The third-order valence-corrected chi connectivity index (χ3v) is 5.53. The molecule has 0 aromatic heterocycles. The normalized spacial score (nSPS) is 14.7. The molecule has 7 heteroatoms. The molecule has 1 fully saturated rings. The van der Waals surface area contributed by atoms with Crippen LogP contribution in [0.5, 0.6) is 11.5 Å².